The third kappa shape index (κ3) is 3.25. The summed E-state index contributed by atoms with van der Waals surface area (Å²) in [5, 5.41) is 3.18. The number of halogens is 1. The van der Waals surface area contributed by atoms with Gasteiger partial charge in [-0.2, -0.15) is 0 Å². The zero-order valence-electron chi connectivity index (χ0n) is 15.2. The number of pyridine rings is 1. The monoisotopic (exact) mass is 393 g/mol. The summed E-state index contributed by atoms with van der Waals surface area (Å²) in [6.45, 7) is 1.78. The molecule has 1 aliphatic rings. The lowest BCUT2D eigenvalue weighted by Crippen LogP contribution is -2.26. The van der Waals surface area contributed by atoms with Gasteiger partial charge in [0.1, 0.15) is 10.8 Å². The van der Waals surface area contributed by atoms with Crippen molar-refractivity contribution in [3.63, 3.8) is 0 Å². The first-order chi connectivity index (χ1) is 13.4. The Kier molecular flexibility index (Phi) is 4.60. The van der Waals surface area contributed by atoms with E-state index in [9.17, 15) is 14.0 Å². The van der Waals surface area contributed by atoms with Crippen molar-refractivity contribution in [2.75, 3.05) is 17.3 Å². The van der Waals surface area contributed by atoms with Gasteiger partial charge in [0.15, 0.2) is 0 Å². The van der Waals surface area contributed by atoms with Crippen molar-refractivity contribution < 1.29 is 14.0 Å². The third-order valence-corrected chi connectivity index (χ3v) is 5.53. The molecular formula is C21H16FN3O2S. The van der Waals surface area contributed by atoms with E-state index in [0.717, 1.165) is 10.5 Å². The molecule has 0 spiro atoms. The van der Waals surface area contributed by atoms with Gasteiger partial charge in [0, 0.05) is 23.7 Å². The van der Waals surface area contributed by atoms with E-state index in [1.54, 1.807) is 56.6 Å². The standard InChI is InChI=1S/C21H16FN3O2S/c1-12-5-7-16(15(22)10-12)24-19(26)13-6-8-17-18(11-13)28-20-14(4-3-9-23-20)21(27)25(17)2/h3-11H,1-2H3,(H,24,26). The predicted molar refractivity (Wildman–Crippen MR) is 107 cm³/mol. The number of aromatic nitrogens is 1. The van der Waals surface area contributed by atoms with Gasteiger partial charge in [0.05, 0.1) is 16.9 Å². The maximum absolute atomic E-state index is 14.0. The molecule has 28 heavy (non-hydrogen) atoms. The first kappa shape index (κ1) is 18.2. The Hall–Kier alpha value is -3.19. The van der Waals surface area contributed by atoms with Crippen LogP contribution in [0.5, 0.6) is 0 Å². The SMILES string of the molecule is Cc1ccc(NC(=O)c2ccc3c(c2)Sc2ncccc2C(=O)N3C)c(F)c1. The summed E-state index contributed by atoms with van der Waals surface area (Å²) < 4.78 is 14.0. The number of aryl methyl sites for hydroxylation is 1. The van der Waals surface area contributed by atoms with E-state index < -0.39 is 11.7 Å². The average Bonchev–Trinajstić information content (AvgIpc) is 2.79. The Bertz CT molecular complexity index is 1120. The number of carbonyl (C=O) groups excluding carboxylic acids is 2. The van der Waals surface area contributed by atoms with Crippen LogP contribution in [0.3, 0.4) is 0 Å². The molecule has 4 rings (SSSR count). The first-order valence-electron chi connectivity index (χ1n) is 8.56. The van der Waals surface area contributed by atoms with Crippen LogP contribution in [0.15, 0.2) is 64.6 Å². The molecule has 0 unspecified atom stereocenters. The third-order valence-electron chi connectivity index (χ3n) is 4.47. The van der Waals surface area contributed by atoms with Crippen LogP contribution in [0, 0.1) is 12.7 Å². The van der Waals surface area contributed by atoms with Crippen LogP contribution in [0.1, 0.15) is 26.3 Å². The fourth-order valence-corrected chi connectivity index (χ4v) is 4.04. The molecule has 0 fully saturated rings. The van der Waals surface area contributed by atoms with Crippen LogP contribution in [0.2, 0.25) is 0 Å². The predicted octanol–water partition coefficient (Wildman–Crippen LogP) is 4.52. The molecule has 0 bridgehead atoms. The highest BCUT2D eigenvalue weighted by Crippen LogP contribution is 2.40. The number of hydrogen-bond acceptors (Lipinski definition) is 4. The number of carbonyl (C=O) groups is 2. The maximum Gasteiger partial charge on any atom is 0.260 e. The van der Waals surface area contributed by atoms with E-state index in [4.69, 9.17) is 0 Å². The van der Waals surface area contributed by atoms with Crippen molar-refractivity contribution in [2.24, 2.45) is 0 Å². The highest BCUT2D eigenvalue weighted by atomic mass is 32.2. The van der Waals surface area contributed by atoms with Crippen molar-refractivity contribution in [1.82, 2.24) is 4.98 Å². The molecular weight excluding hydrogens is 377 g/mol. The Morgan fingerprint density at radius 1 is 1.18 bits per heavy atom. The van der Waals surface area contributed by atoms with E-state index in [2.05, 4.69) is 10.3 Å². The normalized spacial score (nSPS) is 12.8. The van der Waals surface area contributed by atoms with Crippen molar-refractivity contribution in [1.29, 1.82) is 0 Å². The number of anilines is 2. The Morgan fingerprint density at radius 2 is 2.00 bits per heavy atom. The summed E-state index contributed by atoms with van der Waals surface area (Å²) in [7, 11) is 1.69. The van der Waals surface area contributed by atoms with Crippen LogP contribution in [0.25, 0.3) is 0 Å². The lowest BCUT2D eigenvalue weighted by atomic mass is 10.1. The van der Waals surface area contributed by atoms with Crippen molar-refractivity contribution >= 4 is 35.0 Å². The maximum atomic E-state index is 14.0. The van der Waals surface area contributed by atoms with Crippen LogP contribution < -0.4 is 10.2 Å². The summed E-state index contributed by atoms with van der Waals surface area (Å²) in [5.74, 6) is -1.07. The van der Waals surface area contributed by atoms with E-state index >= 15 is 0 Å². The summed E-state index contributed by atoms with van der Waals surface area (Å²) in [4.78, 5) is 31.9. The molecule has 2 aromatic carbocycles. The Morgan fingerprint density at radius 3 is 2.79 bits per heavy atom. The molecule has 7 heteroatoms. The fourth-order valence-electron chi connectivity index (χ4n) is 2.96. The molecule has 2 heterocycles. The van der Waals surface area contributed by atoms with Gasteiger partial charge in [-0.3, -0.25) is 9.59 Å². The Balaban J connectivity index is 1.68. The minimum Gasteiger partial charge on any atom is -0.319 e. The molecule has 2 amide bonds. The van der Waals surface area contributed by atoms with Crippen molar-refractivity contribution in [3.8, 4) is 0 Å². The molecule has 1 aliphatic heterocycles. The fraction of sp³-hybridized carbons (Fsp3) is 0.0952. The zero-order chi connectivity index (χ0) is 19.8. The molecule has 5 nitrogen and oxygen atoms in total. The number of rotatable bonds is 2. The second-order valence-corrected chi connectivity index (χ2v) is 7.47. The minimum absolute atomic E-state index is 0.123. The quantitative estimate of drug-likeness (QED) is 0.695. The van der Waals surface area contributed by atoms with Gasteiger partial charge < -0.3 is 10.2 Å². The summed E-state index contributed by atoms with van der Waals surface area (Å²) in [6, 6.07) is 13.1. The van der Waals surface area contributed by atoms with Crippen molar-refractivity contribution in [2.45, 2.75) is 16.8 Å². The number of benzene rings is 2. The van der Waals surface area contributed by atoms with Crippen LogP contribution in [-0.4, -0.2) is 23.8 Å². The summed E-state index contributed by atoms with van der Waals surface area (Å²) >= 11 is 1.33. The molecule has 1 aromatic heterocycles. The topological polar surface area (TPSA) is 62.3 Å². The minimum atomic E-state index is -0.485. The lowest BCUT2D eigenvalue weighted by Gasteiger charge is -2.17. The van der Waals surface area contributed by atoms with Gasteiger partial charge in [0.25, 0.3) is 11.8 Å². The van der Waals surface area contributed by atoms with Crippen LogP contribution in [0.4, 0.5) is 15.8 Å². The molecule has 0 saturated carbocycles. The van der Waals surface area contributed by atoms with Gasteiger partial charge in [0.2, 0.25) is 0 Å². The molecule has 1 N–H and O–H groups in total. The highest BCUT2D eigenvalue weighted by Gasteiger charge is 2.26. The average molecular weight is 393 g/mol. The highest BCUT2D eigenvalue weighted by molar-refractivity contribution is 7.99. The summed E-state index contributed by atoms with van der Waals surface area (Å²) in [6.07, 6.45) is 1.63. The van der Waals surface area contributed by atoms with Gasteiger partial charge in [-0.15, -0.1) is 0 Å². The molecule has 3 aromatic rings. The van der Waals surface area contributed by atoms with E-state index in [1.807, 2.05) is 0 Å². The number of fused-ring (bicyclic) bond motifs is 2. The van der Waals surface area contributed by atoms with E-state index in [1.165, 1.54) is 28.8 Å². The van der Waals surface area contributed by atoms with Crippen molar-refractivity contribution in [3.05, 3.63) is 77.2 Å². The van der Waals surface area contributed by atoms with E-state index in [0.29, 0.717) is 21.8 Å². The van der Waals surface area contributed by atoms with Crippen LogP contribution >= 0.6 is 11.8 Å². The summed E-state index contributed by atoms with van der Waals surface area (Å²) in [5.41, 5.74) is 2.46. The molecule has 0 saturated heterocycles. The second kappa shape index (κ2) is 7.09. The zero-order valence-corrected chi connectivity index (χ0v) is 16.0. The van der Waals surface area contributed by atoms with Crippen LogP contribution in [-0.2, 0) is 0 Å². The molecule has 0 radical (unpaired) electrons. The largest absolute Gasteiger partial charge is 0.319 e. The van der Waals surface area contributed by atoms with Gasteiger partial charge in [-0.05, 0) is 55.0 Å². The first-order valence-corrected chi connectivity index (χ1v) is 9.38. The lowest BCUT2D eigenvalue weighted by molar-refractivity contribution is 0.0988. The smallest absolute Gasteiger partial charge is 0.260 e. The molecule has 0 atom stereocenters. The molecule has 140 valence electrons. The number of nitrogens with one attached hydrogen (secondary N) is 1. The Labute approximate surface area is 165 Å². The second-order valence-electron chi connectivity index (χ2n) is 6.44. The number of hydrogen-bond donors (Lipinski definition) is 1. The van der Waals surface area contributed by atoms with Gasteiger partial charge >= 0.3 is 0 Å². The van der Waals surface area contributed by atoms with Gasteiger partial charge in [-0.1, -0.05) is 17.8 Å². The van der Waals surface area contributed by atoms with E-state index in [-0.39, 0.29) is 11.6 Å². The van der Waals surface area contributed by atoms with Gasteiger partial charge in [-0.25, -0.2) is 9.37 Å². The number of amides is 2. The number of nitrogens with zero attached hydrogens (tertiary/aromatic N) is 2. The molecule has 0 aliphatic carbocycles.